The first-order chi connectivity index (χ1) is 7.04. The fourth-order valence-electron chi connectivity index (χ4n) is 1.19. The van der Waals surface area contributed by atoms with E-state index in [1.54, 1.807) is 7.11 Å². The molecule has 0 amide bonds. The molecule has 0 aliphatic rings. The Labute approximate surface area is 96.6 Å². The van der Waals surface area contributed by atoms with Gasteiger partial charge in [-0.25, -0.2) is 0 Å². The molecule has 0 saturated heterocycles. The second kappa shape index (κ2) is 5.26. The average molecular weight is 228 g/mol. The van der Waals surface area contributed by atoms with E-state index < -0.39 is 0 Å². The Balaban J connectivity index is 2.75. The summed E-state index contributed by atoms with van der Waals surface area (Å²) in [6.07, 6.45) is 0. The van der Waals surface area contributed by atoms with Gasteiger partial charge in [-0.15, -0.1) is 0 Å². The molecule has 1 aromatic rings. The summed E-state index contributed by atoms with van der Waals surface area (Å²) in [6.45, 7) is 6.52. The van der Waals surface area contributed by atoms with Crippen LogP contribution in [0.15, 0.2) is 18.2 Å². The quantitative estimate of drug-likeness (QED) is 0.845. The fourth-order valence-corrected chi connectivity index (χ4v) is 1.44. The van der Waals surface area contributed by atoms with Gasteiger partial charge in [-0.05, 0) is 31.0 Å². The minimum Gasteiger partial charge on any atom is -0.495 e. The second-order valence-electron chi connectivity index (χ2n) is 4.03. The molecule has 0 heterocycles. The van der Waals surface area contributed by atoms with Crippen LogP contribution in [-0.4, -0.2) is 13.2 Å². The van der Waals surface area contributed by atoms with Gasteiger partial charge in [0.25, 0.3) is 0 Å². The van der Waals surface area contributed by atoms with E-state index in [4.69, 9.17) is 16.3 Å². The number of nitrogens with one attached hydrogen (secondary N) is 1. The molecule has 0 aromatic heterocycles. The second-order valence-corrected chi connectivity index (χ2v) is 4.43. The van der Waals surface area contributed by atoms with Crippen LogP contribution in [0.1, 0.15) is 20.8 Å². The Bertz CT molecular complexity index is 325. The largest absolute Gasteiger partial charge is 0.495 e. The van der Waals surface area contributed by atoms with Crippen molar-refractivity contribution in [3.05, 3.63) is 23.2 Å². The van der Waals surface area contributed by atoms with Crippen LogP contribution in [0.4, 0.5) is 5.69 Å². The van der Waals surface area contributed by atoms with Crippen molar-refractivity contribution in [1.29, 1.82) is 0 Å². The Morgan fingerprint density at radius 2 is 1.93 bits per heavy atom. The Morgan fingerprint density at radius 1 is 1.27 bits per heavy atom. The fraction of sp³-hybridized carbons (Fsp3) is 0.500. The third kappa shape index (κ3) is 3.31. The van der Waals surface area contributed by atoms with Crippen LogP contribution in [-0.2, 0) is 0 Å². The highest BCUT2D eigenvalue weighted by Crippen LogP contribution is 2.27. The maximum atomic E-state index is 6.03. The molecule has 3 heteroatoms. The van der Waals surface area contributed by atoms with Crippen LogP contribution in [0.2, 0.25) is 5.02 Å². The summed E-state index contributed by atoms with van der Waals surface area (Å²) in [5, 5.41) is 4.03. The molecule has 1 aromatic carbocycles. The van der Waals surface area contributed by atoms with E-state index in [1.165, 1.54) is 0 Å². The third-order valence-electron chi connectivity index (χ3n) is 2.55. The first-order valence-corrected chi connectivity index (χ1v) is 5.52. The molecular weight excluding hydrogens is 210 g/mol. The minimum absolute atomic E-state index is 0.425. The maximum Gasteiger partial charge on any atom is 0.137 e. The van der Waals surface area contributed by atoms with Gasteiger partial charge < -0.3 is 10.1 Å². The molecule has 15 heavy (non-hydrogen) atoms. The molecule has 0 saturated carbocycles. The van der Waals surface area contributed by atoms with Gasteiger partial charge in [0.1, 0.15) is 5.75 Å². The molecule has 0 spiro atoms. The van der Waals surface area contributed by atoms with Crippen molar-refractivity contribution in [2.75, 3.05) is 12.4 Å². The van der Waals surface area contributed by atoms with Crippen molar-refractivity contribution in [1.82, 2.24) is 0 Å². The number of anilines is 1. The van der Waals surface area contributed by atoms with E-state index in [1.807, 2.05) is 18.2 Å². The van der Waals surface area contributed by atoms with E-state index in [-0.39, 0.29) is 0 Å². The summed E-state index contributed by atoms with van der Waals surface area (Å²) in [4.78, 5) is 0. The summed E-state index contributed by atoms with van der Waals surface area (Å²) < 4.78 is 5.09. The molecule has 0 unspecified atom stereocenters. The van der Waals surface area contributed by atoms with Gasteiger partial charge in [0.15, 0.2) is 0 Å². The van der Waals surface area contributed by atoms with Crippen LogP contribution in [0.5, 0.6) is 5.75 Å². The topological polar surface area (TPSA) is 21.3 Å². The lowest BCUT2D eigenvalue weighted by Gasteiger charge is -2.19. The Morgan fingerprint density at radius 3 is 2.40 bits per heavy atom. The summed E-state index contributed by atoms with van der Waals surface area (Å²) in [5.74, 6) is 1.30. The highest BCUT2D eigenvalue weighted by Gasteiger charge is 2.07. The lowest BCUT2D eigenvalue weighted by atomic mass is 10.1. The predicted molar refractivity (Wildman–Crippen MR) is 65.9 cm³/mol. The van der Waals surface area contributed by atoms with Gasteiger partial charge >= 0.3 is 0 Å². The van der Waals surface area contributed by atoms with Gasteiger partial charge in [-0.1, -0.05) is 25.4 Å². The maximum absolute atomic E-state index is 6.03. The summed E-state index contributed by atoms with van der Waals surface area (Å²) >= 11 is 6.03. The number of rotatable bonds is 4. The number of methoxy groups -OCH3 is 1. The SMILES string of the molecule is COc1ccc(N[C@@H](C)C(C)C)cc1Cl. The summed E-state index contributed by atoms with van der Waals surface area (Å²) in [5.41, 5.74) is 1.03. The molecule has 84 valence electrons. The molecule has 1 N–H and O–H groups in total. The van der Waals surface area contributed by atoms with Crippen molar-refractivity contribution in [2.45, 2.75) is 26.8 Å². The van der Waals surface area contributed by atoms with Gasteiger partial charge in [-0.2, -0.15) is 0 Å². The molecule has 0 aliphatic heterocycles. The zero-order chi connectivity index (χ0) is 11.4. The minimum atomic E-state index is 0.425. The number of benzene rings is 1. The lowest BCUT2D eigenvalue weighted by molar-refractivity contribution is 0.415. The number of ether oxygens (including phenoxy) is 1. The molecule has 0 radical (unpaired) electrons. The predicted octanol–water partition coefficient (Wildman–Crippen LogP) is 3.81. The molecule has 0 bridgehead atoms. The first kappa shape index (κ1) is 12.2. The highest BCUT2D eigenvalue weighted by atomic mass is 35.5. The molecule has 0 aliphatic carbocycles. The summed E-state index contributed by atoms with van der Waals surface area (Å²) in [6, 6.07) is 6.16. The monoisotopic (exact) mass is 227 g/mol. The van der Waals surface area contributed by atoms with Crippen molar-refractivity contribution in [3.63, 3.8) is 0 Å². The van der Waals surface area contributed by atoms with Crippen molar-refractivity contribution >= 4 is 17.3 Å². The van der Waals surface area contributed by atoms with Crippen molar-refractivity contribution < 1.29 is 4.74 Å². The molecule has 1 atom stereocenters. The molecular formula is C12H18ClNO. The van der Waals surface area contributed by atoms with Gasteiger partial charge in [0.05, 0.1) is 12.1 Å². The first-order valence-electron chi connectivity index (χ1n) is 5.14. The third-order valence-corrected chi connectivity index (χ3v) is 2.84. The van der Waals surface area contributed by atoms with E-state index in [2.05, 4.69) is 26.1 Å². The zero-order valence-corrected chi connectivity index (χ0v) is 10.4. The van der Waals surface area contributed by atoms with Crippen LogP contribution in [0.3, 0.4) is 0 Å². The molecule has 2 nitrogen and oxygen atoms in total. The van der Waals surface area contributed by atoms with Crippen molar-refractivity contribution in [2.24, 2.45) is 5.92 Å². The van der Waals surface area contributed by atoms with Gasteiger partial charge in [0, 0.05) is 11.7 Å². The lowest BCUT2D eigenvalue weighted by Crippen LogP contribution is -2.21. The van der Waals surface area contributed by atoms with Crippen LogP contribution < -0.4 is 10.1 Å². The molecule has 1 rings (SSSR count). The zero-order valence-electron chi connectivity index (χ0n) is 9.67. The molecule has 0 fully saturated rings. The van der Waals surface area contributed by atoms with Crippen LogP contribution in [0, 0.1) is 5.92 Å². The Kier molecular flexibility index (Phi) is 4.28. The standard InChI is InChI=1S/C12H18ClNO/c1-8(2)9(3)14-10-5-6-12(15-4)11(13)7-10/h5-9,14H,1-4H3/t9-/m0/s1. The van der Waals surface area contributed by atoms with Gasteiger partial charge in [0.2, 0.25) is 0 Å². The normalized spacial score (nSPS) is 12.7. The average Bonchev–Trinajstić information content (AvgIpc) is 2.18. The van der Waals surface area contributed by atoms with Crippen LogP contribution in [0.25, 0.3) is 0 Å². The van der Waals surface area contributed by atoms with E-state index >= 15 is 0 Å². The Hall–Kier alpha value is -0.890. The smallest absolute Gasteiger partial charge is 0.137 e. The van der Waals surface area contributed by atoms with E-state index in [9.17, 15) is 0 Å². The number of hydrogen-bond acceptors (Lipinski definition) is 2. The highest BCUT2D eigenvalue weighted by molar-refractivity contribution is 6.32. The van der Waals surface area contributed by atoms with Crippen molar-refractivity contribution in [3.8, 4) is 5.75 Å². The van der Waals surface area contributed by atoms with Gasteiger partial charge in [-0.3, -0.25) is 0 Å². The number of halogens is 1. The summed E-state index contributed by atoms with van der Waals surface area (Å²) in [7, 11) is 1.62. The number of hydrogen-bond donors (Lipinski definition) is 1. The van der Waals surface area contributed by atoms with Crippen LogP contribution >= 0.6 is 11.6 Å². The van der Waals surface area contributed by atoms with E-state index in [0.29, 0.717) is 22.7 Å². The van der Waals surface area contributed by atoms with E-state index in [0.717, 1.165) is 5.69 Å².